The van der Waals surface area contributed by atoms with Crippen LogP contribution in [0.2, 0.25) is 0 Å². The summed E-state index contributed by atoms with van der Waals surface area (Å²) in [5.74, 6) is 1.62. The minimum Gasteiger partial charge on any atom is -0.340 e. The van der Waals surface area contributed by atoms with Crippen molar-refractivity contribution in [2.24, 2.45) is 0 Å². The summed E-state index contributed by atoms with van der Waals surface area (Å²) in [5.41, 5.74) is 3.51. The number of hydrogen-bond donors (Lipinski definition) is 1. The SMILES string of the molecule is Cc1ccc(Nc2cc(Br)nc(C(C)(C)C)n2)cc1C. The van der Waals surface area contributed by atoms with Crippen LogP contribution in [0, 0.1) is 13.8 Å². The lowest BCUT2D eigenvalue weighted by Crippen LogP contribution is -2.16. The average Bonchev–Trinajstić information content (AvgIpc) is 2.32. The predicted molar refractivity (Wildman–Crippen MR) is 87.6 cm³/mol. The minimum absolute atomic E-state index is 0.0800. The van der Waals surface area contributed by atoms with Crippen molar-refractivity contribution >= 4 is 27.4 Å². The van der Waals surface area contributed by atoms with Crippen LogP contribution < -0.4 is 5.32 Å². The zero-order valence-corrected chi connectivity index (χ0v) is 14.2. The molecule has 0 bridgehead atoms. The fraction of sp³-hybridized carbons (Fsp3) is 0.375. The van der Waals surface area contributed by atoms with Crippen LogP contribution in [0.15, 0.2) is 28.9 Å². The lowest BCUT2D eigenvalue weighted by Gasteiger charge is -2.18. The quantitative estimate of drug-likeness (QED) is 0.794. The minimum atomic E-state index is -0.0800. The molecule has 0 atom stereocenters. The first-order chi connectivity index (χ1) is 9.25. The van der Waals surface area contributed by atoms with E-state index in [4.69, 9.17) is 0 Å². The third-order valence-corrected chi connectivity index (χ3v) is 3.55. The number of aryl methyl sites for hydroxylation is 2. The van der Waals surface area contributed by atoms with Gasteiger partial charge in [0.15, 0.2) is 0 Å². The lowest BCUT2D eigenvalue weighted by molar-refractivity contribution is 0.544. The molecule has 3 nitrogen and oxygen atoms in total. The maximum atomic E-state index is 4.60. The summed E-state index contributed by atoms with van der Waals surface area (Å²) in [6, 6.07) is 8.19. The van der Waals surface area contributed by atoms with Crippen LogP contribution in [0.4, 0.5) is 11.5 Å². The molecule has 1 aromatic carbocycles. The summed E-state index contributed by atoms with van der Waals surface area (Å²) < 4.78 is 0.795. The van der Waals surface area contributed by atoms with Gasteiger partial charge in [-0.3, -0.25) is 0 Å². The zero-order chi connectivity index (χ0) is 14.9. The van der Waals surface area contributed by atoms with Gasteiger partial charge in [-0.2, -0.15) is 0 Å². The van der Waals surface area contributed by atoms with E-state index in [0.29, 0.717) is 0 Å². The van der Waals surface area contributed by atoms with Crippen molar-refractivity contribution < 1.29 is 0 Å². The van der Waals surface area contributed by atoms with E-state index in [1.807, 2.05) is 6.07 Å². The first-order valence-corrected chi connectivity index (χ1v) is 7.44. The molecular formula is C16H20BrN3. The van der Waals surface area contributed by atoms with Gasteiger partial charge >= 0.3 is 0 Å². The average molecular weight is 334 g/mol. The highest BCUT2D eigenvalue weighted by Gasteiger charge is 2.18. The van der Waals surface area contributed by atoms with E-state index >= 15 is 0 Å². The normalized spacial score (nSPS) is 11.5. The number of nitrogens with one attached hydrogen (secondary N) is 1. The molecule has 106 valence electrons. The van der Waals surface area contributed by atoms with E-state index in [1.165, 1.54) is 11.1 Å². The Bertz CT molecular complexity index is 630. The summed E-state index contributed by atoms with van der Waals surface area (Å²) in [4.78, 5) is 9.04. The van der Waals surface area contributed by atoms with Gasteiger partial charge in [0.05, 0.1) is 0 Å². The summed E-state index contributed by atoms with van der Waals surface area (Å²) >= 11 is 3.45. The molecule has 0 fully saturated rings. The Morgan fingerprint density at radius 2 is 1.70 bits per heavy atom. The number of halogens is 1. The monoisotopic (exact) mass is 333 g/mol. The van der Waals surface area contributed by atoms with Gasteiger partial charge in [-0.25, -0.2) is 9.97 Å². The molecule has 0 spiro atoms. The number of rotatable bonds is 2. The highest BCUT2D eigenvalue weighted by Crippen LogP contribution is 2.25. The van der Waals surface area contributed by atoms with Gasteiger partial charge in [-0.1, -0.05) is 26.8 Å². The maximum Gasteiger partial charge on any atom is 0.137 e. The second kappa shape index (κ2) is 5.52. The number of hydrogen-bond acceptors (Lipinski definition) is 3. The fourth-order valence-electron chi connectivity index (χ4n) is 1.78. The highest BCUT2D eigenvalue weighted by molar-refractivity contribution is 9.10. The Kier molecular flexibility index (Phi) is 4.14. The standard InChI is InChI=1S/C16H20BrN3/c1-10-6-7-12(8-11(10)2)18-14-9-13(17)19-15(20-14)16(3,4)5/h6-9H,1-5H3,(H,18,19,20). The molecule has 0 aliphatic heterocycles. The first-order valence-electron chi connectivity index (χ1n) is 6.65. The van der Waals surface area contributed by atoms with Crippen molar-refractivity contribution in [3.8, 4) is 0 Å². The van der Waals surface area contributed by atoms with Crippen molar-refractivity contribution in [2.45, 2.75) is 40.0 Å². The molecule has 0 aliphatic rings. The number of anilines is 2. The third-order valence-electron chi connectivity index (χ3n) is 3.15. The van der Waals surface area contributed by atoms with Crippen molar-refractivity contribution in [1.29, 1.82) is 0 Å². The van der Waals surface area contributed by atoms with Crippen LogP contribution in [0.1, 0.15) is 37.7 Å². The Labute approximate surface area is 129 Å². The molecule has 0 amide bonds. The molecule has 0 saturated carbocycles. The van der Waals surface area contributed by atoms with Gasteiger partial charge in [0, 0.05) is 17.2 Å². The van der Waals surface area contributed by atoms with E-state index in [2.05, 4.69) is 84.0 Å². The topological polar surface area (TPSA) is 37.8 Å². The maximum absolute atomic E-state index is 4.60. The summed E-state index contributed by atoms with van der Waals surface area (Å²) in [6.45, 7) is 10.5. The van der Waals surface area contributed by atoms with Gasteiger partial charge in [0.2, 0.25) is 0 Å². The number of aromatic nitrogens is 2. The first kappa shape index (κ1) is 15.0. The van der Waals surface area contributed by atoms with Gasteiger partial charge < -0.3 is 5.32 Å². The Morgan fingerprint density at radius 3 is 2.30 bits per heavy atom. The van der Waals surface area contributed by atoms with Crippen molar-refractivity contribution in [2.75, 3.05) is 5.32 Å². The van der Waals surface area contributed by atoms with Crippen molar-refractivity contribution in [1.82, 2.24) is 9.97 Å². The van der Waals surface area contributed by atoms with Gasteiger partial charge in [-0.15, -0.1) is 0 Å². The summed E-state index contributed by atoms with van der Waals surface area (Å²) in [5, 5.41) is 3.34. The van der Waals surface area contributed by atoms with E-state index in [0.717, 1.165) is 21.9 Å². The second-order valence-corrected chi connectivity index (χ2v) is 6.89. The molecule has 4 heteroatoms. The van der Waals surface area contributed by atoms with E-state index in [9.17, 15) is 0 Å². The molecule has 1 N–H and O–H groups in total. The van der Waals surface area contributed by atoms with E-state index in [1.54, 1.807) is 0 Å². The van der Waals surface area contributed by atoms with Gasteiger partial charge in [-0.05, 0) is 53.0 Å². The lowest BCUT2D eigenvalue weighted by atomic mass is 9.96. The molecule has 20 heavy (non-hydrogen) atoms. The van der Waals surface area contributed by atoms with Crippen LogP contribution in [0.25, 0.3) is 0 Å². The molecule has 0 unspecified atom stereocenters. The highest BCUT2D eigenvalue weighted by atomic mass is 79.9. The smallest absolute Gasteiger partial charge is 0.137 e. The molecule has 2 aromatic rings. The third kappa shape index (κ3) is 3.57. The molecule has 1 heterocycles. The van der Waals surface area contributed by atoms with E-state index < -0.39 is 0 Å². The predicted octanol–water partition coefficient (Wildman–Crippen LogP) is 4.90. The van der Waals surface area contributed by atoms with E-state index in [-0.39, 0.29) is 5.41 Å². The number of benzene rings is 1. The fourth-order valence-corrected chi connectivity index (χ4v) is 2.17. The van der Waals surface area contributed by atoms with Crippen molar-refractivity contribution in [3.63, 3.8) is 0 Å². The van der Waals surface area contributed by atoms with Crippen LogP contribution in [-0.2, 0) is 5.41 Å². The van der Waals surface area contributed by atoms with Crippen LogP contribution in [0.5, 0.6) is 0 Å². The van der Waals surface area contributed by atoms with Crippen LogP contribution in [0.3, 0.4) is 0 Å². The zero-order valence-electron chi connectivity index (χ0n) is 12.6. The Balaban J connectivity index is 2.33. The second-order valence-electron chi connectivity index (χ2n) is 6.07. The summed E-state index contributed by atoms with van der Waals surface area (Å²) in [7, 11) is 0. The van der Waals surface area contributed by atoms with Crippen LogP contribution >= 0.6 is 15.9 Å². The molecular weight excluding hydrogens is 314 g/mol. The largest absolute Gasteiger partial charge is 0.340 e. The molecule has 2 rings (SSSR count). The van der Waals surface area contributed by atoms with Gasteiger partial charge in [0.1, 0.15) is 16.2 Å². The molecule has 0 aliphatic carbocycles. The van der Waals surface area contributed by atoms with Crippen LogP contribution in [-0.4, -0.2) is 9.97 Å². The molecule has 0 radical (unpaired) electrons. The molecule has 1 aromatic heterocycles. The van der Waals surface area contributed by atoms with Gasteiger partial charge in [0.25, 0.3) is 0 Å². The van der Waals surface area contributed by atoms with Crippen molar-refractivity contribution in [3.05, 3.63) is 45.8 Å². The Morgan fingerprint density at radius 1 is 1.00 bits per heavy atom. The molecule has 0 saturated heterocycles. The summed E-state index contributed by atoms with van der Waals surface area (Å²) in [6.07, 6.45) is 0. The number of nitrogens with zero attached hydrogens (tertiary/aromatic N) is 2. The Hall–Kier alpha value is -1.42.